The zero-order chi connectivity index (χ0) is 24.7. The fourth-order valence-electron chi connectivity index (χ4n) is 3.95. The molecule has 1 aliphatic rings. The standard InChI is InChI=1S/C24H31FN4O4S/c1-3-28(4-2)23(30)18-27-14-7-15-29(17-16-27)24(31)21-8-5-6-9-22(21)26-34(32,33)20-12-10-19(25)11-13-20/h5-6,8-13,26H,3-4,7,14-18H2,1-2H3. The Labute approximate surface area is 200 Å². The number of benzene rings is 2. The second-order valence-electron chi connectivity index (χ2n) is 8.09. The number of likely N-dealkylation sites (N-methyl/N-ethyl adjacent to an activating group) is 1. The maximum absolute atomic E-state index is 13.3. The summed E-state index contributed by atoms with van der Waals surface area (Å²) in [6.07, 6.45) is 0.709. The van der Waals surface area contributed by atoms with Gasteiger partial charge in [0.2, 0.25) is 5.91 Å². The van der Waals surface area contributed by atoms with E-state index in [0.29, 0.717) is 52.2 Å². The molecule has 1 N–H and O–H groups in total. The molecule has 1 aliphatic heterocycles. The largest absolute Gasteiger partial charge is 0.342 e. The molecule has 0 bridgehead atoms. The van der Waals surface area contributed by atoms with E-state index in [2.05, 4.69) is 9.62 Å². The highest BCUT2D eigenvalue weighted by molar-refractivity contribution is 7.92. The zero-order valence-corrected chi connectivity index (χ0v) is 20.4. The van der Waals surface area contributed by atoms with Crippen LogP contribution in [-0.2, 0) is 14.8 Å². The minimum absolute atomic E-state index is 0.0744. The molecule has 2 amide bonds. The SMILES string of the molecule is CCN(CC)C(=O)CN1CCCN(C(=O)c2ccccc2NS(=O)(=O)c2ccc(F)cc2)CC1. The Bertz CT molecular complexity index is 1100. The average molecular weight is 491 g/mol. The van der Waals surface area contributed by atoms with Crippen LogP contribution in [0.5, 0.6) is 0 Å². The van der Waals surface area contributed by atoms with Gasteiger partial charge in [0, 0.05) is 39.3 Å². The van der Waals surface area contributed by atoms with Crippen molar-refractivity contribution >= 4 is 27.5 Å². The monoisotopic (exact) mass is 490 g/mol. The van der Waals surface area contributed by atoms with Gasteiger partial charge >= 0.3 is 0 Å². The highest BCUT2D eigenvalue weighted by Gasteiger charge is 2.25. The molecule has 0 saturated carbocycles. The number of carbonyl (C=O) groups excluding carboxylic acids is 2. The van der Waals surface area contributed by atoms with Crippen molar-refractivity contribution in [1.82, 2.24) is 14.7 Å². The van der Waals surface area contributed by atoms with Crippen LogP contribution in [0.3, 0.4) is 0 Å². The summed E-state index contributed by atoms with van der Waals surface area (Å²) in [6, 6.07) is 10.9. The van der Waals surface area contributed by atoms with E-state index in [1.165, 1.54) is 18.2 Å². The topological polar surface area (TPSA) is 90.0 Å². The number of rotatable bonds is 8. The minimum atomic E-state index is -4.00. The van der Waals surface area contributed by atoms with E-state index in [4.69, 9.17) is 0 Å². The summed E-state index contributed by atoms with van der Waals surface area (Å²) in [6.45, 7) is 7.75. The van der Waals surface area contributed by atoms with Crippen molar-refractivity contribution in [2.45, 2.75) is 25.2 Å². The van der Waals surface area contributed by atoms with E-state index >= 15 is 0 Å². The molecule has 10 heteroatoms. The second-order valence-corrected chi connectivity index (χ2v) is 9.78. The molecule has 1 heterocycles. The third-order valence-corrected chi connectivity index (χ3v) is 7.26. The first-order chi connectivity index (χ1) is 16.2. The van der Waals surface area contributed by atoms with Gasteiger partial charge in [-0.25, -0.2) is 12.8 Å². The lowest BCUT2D eigenvalue weighted by Crippen LogP contribution is -2.42. The van der Waals surface area contributed by atoms with Crippen LogP contribution >= 0.6 is 0 Å². The number of amides is 2. The van der Waals surface area contributed by atoms with Gasteiger partial charge in [-0.05, 0) is 56.7 Å². The van der Waals surface area contributed by atoms with E-state index in [9.17, 15) is 22.4 Å². The number of hydrogen-bond acceptors (Lipinski definition) is 5. The Balaban J connectivity index is 1.71. The van der Waals surface area contributed by atoms with Crippen LogP contribution in [-0.4, -0.2) is 80.7 Å². The minimum Gasteiger partial charge on any atom is -0.342 e. The summed E-state index contributed by atoms with van der Waals surface area (Å²) in [5.74, 6) is -0.747. The average Bonchev–Trinajstić information content (AvgIpc) is 3.05. The molecular weight excluding hydrogens is 459 g/mol. The Morgan fingerprint density at radius 3 is 2.32 bits per heavy atom. The number of para-hydroxylation sites is 1. The summed E-state index contributed by atoms with van der Waals surface area (Å²) in [4.78, 5) is 31.2. The number of nitrogens with one attached hydrogen (secondary N) is 1. The Morgan fingerprint density at radius 2 is 1.65 bits per heavy atom. The molecule has 1 saturated heterocycles. The van der Waals surface area contributed by atoms with Gasteiger partial charge in [0.25, 0.3) is 15.9 Å². The number of nitrogens with zero attached hydrogens (tertiary/aromatic N) is 3. The number of hydrogen-bond donors (Lipinski definition) is 1. The Morgan fingerprint density at radius 1 is 0.971 bits per heavy atom. The van der Waals surface area contributed by atoms with Gasteiger partial charge in [-0.3, -0.25) is 19.2 Å². The lowest BCUT2D eigenvalue weighted by molar-refractivity contribution is -0.132. The van der Waals surface area contributed by atoms with Gasteiger partial charge in [0.05, 0.1) is 22.7 Å². The maximum atomic E-state index is 13.3. The first kappa shape index (κ1) is 25.6. The third kappa shape index (κ3) is 6.32. The molecule has 0 spiro atoms. The fourth-order valence-corrected chi connectivity index (χ4v) is 5.03. The number of carbonyl (C=O) groups is 2. The van der Waals surface area contributed by atoms with Gasteiger partial charge in [-0.2, -0.15) is 0 Å². The zero-order valence-electron chi connectivity index (χ0n) is 19.5. The summed E-state index contributed by atoms with van der Waals surface area (Å²) in [5.41, 5.74) is 0.399. The van der Waals surface area contributed by atoms with Gasteiger partial charge < -0.3 is 9.80 Å². The molecule has 1 fully saturated rings. The van der Waals surface area contributed by atoms with E-state index in [1.807, 2.05) is 13.8 Å². The third-order valence-electron chi connectivity index (χ3n) is 5.88. The van der Waals surface area contributed by atoms with Crippen LogP contribution in [0.2, 0.25) is 0 Å². The van der Waals surface area contributed by atoms with Crippen molar-refractivity contribution in [1.29, 1.82) is 0 Å². The van der Waals surface area contributed by atoms with Gasteiger partial charge in [-0.15, -0.1) is 0 Å². The normalized spacial score (nSPS) is 15.0. The molecular formula is C24H31FN4O4S. The highest BCUT2D eigenvalue weighted by Crippen LogP contribution is 2.22. The van der Waals surface area contributed by atoms with Gasteiger partial charge in [0.15, 0.2) is 0 Å². The van der Waals surface area contributed by atoms with Crippen LogP contribution in [0.25, 0.3) is 0 Å². The summed E-state index contributed by atoms with van der Waals surface area (Å²) >= 11 is 0. The second kappa shape index (κ2) is 11.4. The van der Waals surface area contributed by atoms with E-state index in [-0.39, 0.29) is 28.0 Å². The number of anilines is 1. The highest BCUT2D eigenvalue weighted by atomic mass is 32.2. The fraction of sp³-hybridized carbons (Fsp3) is 0.417. The van der Waals surface area contributed by atoms with Crippen LogP contribution in [0.15, 0.2) is 53.4 Å². The van der Waals surface area contributed by atoms with Gasteiger partial charge in [0.1, 0.15) is 5.82 Å². The first-order valence-electron chi connectivity index (χ1n) is 11.4. The van der Waals surface area contributed by atoms with E-state index in [0.717, 1.165) is 12.1 Å². The summed E-state index contributed by atoms with van der Waals surface area (Å²) < 4.78 is 41.2. The van der Waals surface area contributed by atoms with Crippen molar-refractivity contribution in [2.75, 3.05) is 50.5 Å². The molecule has 3 rings (SSSR count). The molecule has 34 heavy (non-hydrogen) atoms. The van der Waals surface area contributed by atoms with Gasteiger partial charge in [-0.1, -0.05) is 12.1 Å². The van der Waals surface area contributed by atoms with E-state index < -0.39 is 15.8 Å². The molecule has 0 aromatic heterocycles. The molecule has 0 unspecified atom stereocenters. The molecule has 2 aromatic carbocycles. The van der Waals surface area contributed by atoms with Crippen LogP contribution in [0, 0.1) is 5.82 Å². The smallest absolute Gasteiger partial charge is 0.261 e. The maximum Gasteiger partial charge on any atom is 0.261 e. The molecule has 0 aliphatic carbocycles. The molecule has 184 valence electrons. The lowest BCUT2D eigenvalue weighted by atomic mass is 10.1. The van der Waals surface area contributed by atoms with Crippen molar-refractivity contribution in [3.05, 3.63) is 59.9 Å². The van der Waals surface area contributed by atoms with Crippen molar-refractivity contribution in [3.63, 3.8) is 0 Å². The predicted octanol–water partition coefficient (Wildman–Crippen LogP) is 2.64. The quantitative estimate of drug-likeness (QED) is 0.615. The molecule has 2 aromatic rings. The molecule has 8 nitrogen and oxygen atoms in total. The Kier molecular flexibility index (Phi) is 8.62. The molecule has 0 radical (unpaired) electrons. The number of halogens is 1. The molecule has 0 atom stereocenters. The predicted molar refractivity (Wildman–Crippen MR) is 129 cm³/mol. The van der Waals surface area contributed by atoms with Crippen LogP contribution in [0.1, 0.15) is 30.6 Å². The van der Waals surface area contributed by atoms with E-state index in [1.54, 1.807) is 28.0 Å². The van der Waals surface area contributed by atoms with Crippen LogP contribution in [0.4, 0.5) is 10.1 Å². The first-order valence-corrected chi connectivity index (χ1v) is 12.9. The van der Waals surface area contributed by atoms with Crippen molar-refractivity contribution in [2.24, 2.45) is 0 Å². The van der Waals surface area contributed by atoms with Crippen molar-refractivity contribution < 1.29 is 22.4 Å². The van der Waals surface area contributed by atoms with Crippen molar-refractivity contribution in [3.8, 4) is 0 Å². The Hall–Kier alpha value is -2.98. The summed E-state index contributed by atoms with van der Waals surface area (Å²) in [5, 5.41) is 0. The lowest BCUT2D eigenvalue weighted by Gasteiger charge is -2.25. The summed E-state index contributed by atoms with van der Waals surface area (Å²) in [7, 11) is -4.00. The number of sulfonamides is 1. The van der Waals surface area contributed by atoms with Crippen LogP contribution < -0.4 is 4.72 Å².